The fraction of sp³-hybridized carbons (Fsp3) is 0.571. The minimum Gasteiger partial charge on any atom is -0.307 e. The van der Waals surface area contributed by atoms with Gasteiger partial charge in [0.2, 0.25) is 0 Å². The quantitative estimate of drug-likeness (QED) is 0.792. The zero-order valence-electron chi connectivity index (χ0n) is 11.4. The van der Waals surface area contributed by atoms with E-state index in [-0.39, 0.29) is 5.38 Å². The van der Waals surface area contributed by atoms with Crippen molar-refractivity contribution in [1.29, 1.82) is 0 Å². The van der Waals surface area contributed by atoms with E-state index in [0.29, 0.717) is 6.04 Å². The molecule has 0 bridgehead atoms. The van der Waals surface area contributed by atoms with E-state index in [9.17, 15) is 0 Å². The first-order valence-corrected chi connectivity index (χ1v) is 7.26. The molecule has 0 aromatic carbocycles. The molecule has 0 radical (unpaired) electrons. The van der Waals surface area contributed by atoms with Gasteiger partial charge in [-0.3, -0.25) is 0 Å². The third kappa shape index (κ3) is 2.35. The van der Waals surface area contributed by atoms with Crippen molar-refractivity contribution in [3.63, 3.8) is 0 Å². The standard InChI is InChI=1S/C14H19ClN4/c1-10(15)13-17-12-6-3-7-16-14(12)19(13)11-5-4-8-18(2)9-11/h3,6-7,10-11H,4-5,8-9H2,1-2H3. The zero-order chi connectivity index (χ0) is 13.4. The van der Waals surface area contributed by atoms with Crippen LogP contribution < -0.4 is 0 Å². The van der Waals surface area contributed by atoms with Crippen LogP contribution in [-0.2, 0) is 0 Å². The van der Waals surface area contributed by atoms with E-state index in [1.807, 2.05) is 25.3 Å². The Balaban J connectivity index is 2.11. The van der Waals surface area contributed by atoms with Gasteiger partial charge < -0.3 is 9.47 Å². The second-order valence-corrected chi connectivity index (χ2v) is 6.02. The van der Waals surface area contributed by atoms with Crippen molar-refractivity contribution in [2.24, 2.45) is 0 Å². The fourth-order valence-electron chi connectivity index (χ4n) is 2.94. The number of alkyl halides is 1. The lowest BCUT2D eigenvalue weighted by atomic mass is 10.1. The van der Waals surface area contributed by atoms with Crippen molar-refractivity contribution in [3.8, 4) is 0 Å². The molecule has 0 amide bonds. The Kier molecular flexibility index (Phi) is 3.46. The van der Waals surface area contributed by atoms with Gasteiger partial charge in [0, 0.05) is 18.8 Å². The first kappa shape index (κ1) is 12.9. The molecule has 3 rings (SSSR count). The summed E-state index contributed by atoms with van der Waals surface area (Å²) in [7, 11) is 2.17. The molecule has 1 aliphatic rings. The van der Waals surface area contributed by atoms with Crippen LogP contribution in [0.25, 0.3) is 11.2 Å². The molecule has 0 spiro atoms. The van der Waals surface area contributed by atoms with Gasteiger partial charge in [-0.15, -0.1) is 11.6 Å². The van der Waals surface area contributed by atoms with Gasteiger partial charge in [-0.05, 0) is 45.5 Å². The number of rotatable bonds is 2. The second kappa shape index (κ2) is 5.10. The first-order valence-electron chi connectivity index (χ1n) is 6.82. The van der Waals surface area contributed by atoms with Crippen LogP contribution in [0.5, 0.6) is 0 Å². The molecule has 0 aliphatic carbocycles. The Morgan fingerprint density at radius 1 is 1.47 bits per heavy atom. The molecule has 19 heavy (non-hydrogen) atoms. The summed E-state index contributed by atoms with van der Waals surface area (Å²) in [5.74, 6) is 0.940. The summed E-state index contributed by atoms with van der Waals surface area (Å²) in [6.07, 6.45) is 4.21. The number of hydrogen-bond acceptors (Lipinski definition) is 3. The predicted octanol–water partition coefficient (Wildman–Crippen LogP) is 3.00. The minimum atomic E-state index is -0.0959. The van der Waals surface area contributed by atoms with Gasteiger partial charge in [0.15, 0.2) is 5.65 Å². The maximum Gasteiger partial charge on any atom is 0.160 e. The average molecular weight is 279 g/mol. The highest BCUT2D eigenvalue weighted by Crippen LogP contribution is 2.30. The SMILES string of the molecule is CC(Cl)c1nc2cccnc2n1C1CCCN(C)C1. The van der Waals surface area contributed by atoms with Crippen molar-refractivity contribution >= 4 is 22.8 Å². The fourth-order valence-corrected chi connectivity index (χ4v) is 3.09. The highest BCUT2D eigenvalue weighted by atomic mass is 35.5. The van der Waals surface area contributed by atoms with E-state index >= 15 is 0 Å². The van der Waals surface area contributed by atoms with E-state index in [1.165, 1.54) is 19.4 Å². The molecule has 2 aromatic rings. The van der Waals surface area contributed by atoms with Crippen molar-refractivity contribution in [3.05, 3.63) is 24.2 Å². The summed E-state index contributed by atoms with van der Waals surface area (Å²) in [5, 5.41) is -0.0959. The number of pyridine rings is 1. The number of halogens is 1. The average Bonchev–Trinajstić information content (AvgIpc) is 2.78. The largest absolute Gasteiger partial charge is 0.307 e. The molecular weight excluding hydrogens is 260 g/mol. The molecule has 0 N–H and O–H groups in total. The topological polar surface area (TPSA) is 34.0 Å². The van der Waals surface area contributed by atoms with Gasteiger partial charge in [0.05, 0.1) is 5.38 Å². The van der Waals surface area contributed by atoms with Gasteiger partial charge in [0.25, 0.3) is 0 Å². The van der Waals surface area contributed by atoms with Crippen LogP contribution >= 0.6 is 11.6 Å². The first-order chi connectivity index (χ1) is 9.16. The molecule has 2 atom stereocenters. The maximum absolute atomic E-state index is 6.31. The zero-order valence-corrected chi connectivity index (χ0v) is 12.1. The van der Waals surface area contributed by atoms with Gasteiger partial charge in [0.1, 0.15) is 11.3 Å². The normalized spacial score (nSPS) is 22.8. The summed E-state index contributed by atoms with van der Waals surface area (Å²) in [4.78, 5) is 11.5. The molecule has 1 fully saturated rings. The minimum absolute atomic E-state index is 0.0959. The van der Waals surface area contributed by atoms with Crippen molar-refractivity contribution in [2.45, 2.75) is 31.2 Å². The third-order valence-corrected chi connectivity index (χ3v) is 3.99. The lowest BCUT2D eigenvalue weighted by molar-refractivity contribution is 0.212. The van der Waals surface area contributed by atoms with Crippen LogP contribution in [-0.4, -0.2) is 39.6 Å². The lowest BCUT2D eigenvalue weighted by Gasteiger charge is -2.31. The van der Waals surface area contributed by atoms with Crippen molar-refractivity contribution in [1.82, 2.24) is 19.4 Å². The number of imidazole rings is 1. The number of nitrogens with zero attached hydrogens (tertiary/aromatic N) is 4. The molecule has 3 heterocycles. The van der Waals surface area contributed by atoms with Crippen molar-refractivity contribution < 1.29 is 0 Å². The van der Waals surface area contributed by atoms with Crippen molar-refractivity contribution in [2.75, 3.05) is 20.1 Å². The van der Waals surface area contributed by atoms with Crippen LogP contribution in [0, 0.1) is 0 Å². The Labute approximate surface area is 118 Å². The highest BCUT2D eigenvalue weighted by Gasteiger charge is 2.25. The van der Waals surface area contributed by atoms with E-state index in [0.717, 1.165) is 23.5 Å². The monoisotopic (exact) mass is 278 g/mol. The number of aromatic nitrogens is 3. The third-order valence-electron chi connectivity index (χ3n) is 3.80. The number of piperidine rings is 1. The molecule has 2 unspecified atom stereocenters. The van der Waals surface area contributed by atoms with Gasteiger partial charge in [-0.2, -0.15) is 0 Å². The number of hydrogen-bond donors (Lipinski definition) is 0. The molecule has 1 aliphatic heterocycles. The van der Waals surface area contributed by atoms with E-state index < -0.39 is 0 Å². The van der Waals surface area contributed by atoms with Crippen LogP contribution in [0.3, 0.4) is 0 Å². The smallest absolute Gasteiger partial charge is 0.160 e. The summed E-state index contributed by atoms with van der Waals surface area (Å²) >= 11 is 6.31. The highest BCUT2D eigenvalue weighted by molar-refractivity contribution is 6.20. The van der Waals surface area contributed by atoms with Gasteiger partial charge in [-0.1, -0.05) is 0 Å². The number of likely N-dealkylation sites (N-methyl/N-ethyl adjacent to an activating group) is 1. The summed E-state index contributed by atoms with van der Waals surface area (Å²) < 4.78 is 2.25. The van der Waals surface area contributed by atoms with Crippen LogP contribution in [0.4, 0.5) is 0 Å². The van der Waals surface area contributed by atoms with Crippen LogP contribution in [0.15, 0.2) is 18.3 Å². The molecule has 102 valence electrons. The number of fused-ring (bicyclic) bond motifs is 1. The predicted molar refractivity (Wildman–Crippen MR) is 77.6 cm³/mol. The lowest BCUT2D eigenvalue weighted by Crippen LogP contribution is -2.34. The molecule has 0 saturated carbocycles. The molecule has 2 aromatic heterocycles. The molecular formula is C14H19ClN4. The van der Waals surface area contributed by atoms with Crippen LogP contribution in [0.2, 0.25) is 0 Å². The molecule has 5 heteroatoms. The van der Waals surface area contributed by atoms with Crippen LogP contribution in [0.1, 0.15) is 37.0 Å². The summed E-state index contributed by atoms with van der Waals surface area (Å²) in [5.41, 5.74) is 1.91. The number of likely N-dealkylation sites (tertiary alicyclic amines) is 1. The van der Waals surface area contributed by atoms with E-state index in [1.54, 1.807) is 0 Å². The maximum atomic E-state index is 6.31. The van der Waals surface area contributed by atoms with Gasteiger partial charge >= 0.3 is 0 Å². The van der Waals surface area contributed by atoms with Gasteiger partial charge in [-0.25, -0.2) is 9.97 Å². The Hall–Kier alpha value is -1.13. The summed E-state index contributed by atoms with van der Waals surface area (Å²) in [6, 6.07) is 4.36. The van der Waals surface area contributed by atoms with E-state index in [2.05, 4.69) is 26.5 Å². The molecule has 4 nitrogen and oxygen atoms in total. The van der Waals surface area contributed by atoms with E-state index in [4.69, 9.17) is 11.6 Å². The Bertz CT molecular complexity index is 578. The summed E-state index contributed by atoms with van der Waals surface area (Å²) in [6.45, 7) is 4.19. The molecule has 1 saturated heterocycles. The Morgan fingerprint density at radius 3 is 3.05 bits per heavy atom. The Morgan fingerprint density at radius 2 is 2.32 bits per heavy atom. The second-order valence-electron chi connectivity index (χ2n) is 5.36.